The van der Waals surface area contributed by atoms with Crippen LogP contribution < -0.4 is 5.32 Å². The van der Waals surface area contributed by atoms with Gasteiger partial charge in [-0.2, -0.15) is 13.2 Å². The summed E-state index contributed by atoms with van der Waals surface area (Å²) in [6.45, 7) is 5.76. The fraction of sp³-hybridized carbons (Fsp3) is 1.00. The molecule has 6 heteroatoms. The van der Waals surface area contributed by atoms with E-state index in [9.17, 15) is 13.2 Å². The van der Waals surface area contributed by atoms with Crippen molar-refractivity contribution < 1.29 is 22.6 Å². The zero-order valence-corrected chi connectivity index (χ0v) is 11.9. The van der Waals surface area contributed by atoms with Gasteiger partial charge in [-0.15, -0.1) is 0 Å². The molecule has 1 N–H and O–H groups in total. The summed E-state index contributed by atoms with van der Waals surface area (Å²) in [6.07, 6.45) is -0.799. The van der Waals surface area contributed by atoms with Gasteiger partial charge in [0.2, 0.25) is 0 Å². The van der Waals surface area contributed by atoms with Crippen LogP contribution in [0.2, 0.25) is 0 Å². The van der Waals surface area contributed by atoms with Gasteiger partial charge in [0.1, 0.15) is 6.04 Å². The molecule has 0 aliphatic carbocycles. The molecule has 1 atom stereocenters. The highest BCUT2D eigenvalue weighted by molar-refractivity contribution is 4.72. The lowest BCUT2D eigenvalue weighted by Crippen LogP contribution is -2.43. The summed E-state index contributed by atoms with van der Waals surface area (Å²) >= 11 is 0. The van der Waals surface area contributed by atoms with Gasteiger partial charge in [-0.25, -0.2) is 0 Å². The highest BCUT2D eigenvalue weighted by atomic mass is 19.4. The van der Waals surface area contributed by atoms with Crippen LogP contribution >= 0.6 is 0 Å². The second kappa shape index (κ2) is 11.5. The van der Waals surface area contributed by atoms with Gasteiger partial charge in [0.25, 0.3) is 0 Å². The Labute approximate surface area is 113 Å². The minimum atomic E-state index is -4.18. The van der Waals surface area contributed by atoms with Gasteiger partial charge < -0.3 is 14.8 Å². The van der Waals surface area contributed by atoms with E-state index in [-0.39, 0.29) is 19.6 Å². The van der Waals surface area contributed by atoms with Gasteiger partial charge in [-0.1, -0.05) is 26.7 Å². The molecule has 0 spiro atoms. The number of nitrogens with one attached hydrogen (secondary N) is 1. The summed E-state index contributed by atoms with van der Waals surface area (Å²) in [5.41, 5.74) is 0. The predicted molar refractivity (Wildman–Crippen MR) is 69.3 cm³/mol. The van der Waals surface area contributed by atoms with Crippen molar-refractivity contribution in [3.63, 3.8) is 0 Å². The Hall–Kier alpha value is -0.330. The fourth-order valence-corrected chi connectivity index (χ4v) is 1.57. The normalized spacial score (nSPS) is 13.7. The third kappa shape index (κ3) is 11.2. The van der Waals surface area contributed by atoms with Crippen LogP contribution in [0.4, 0.5) is 13.2 Å². The Morgan fingerprint density at radius 2 is 1.58 bits per heavy atom. The monoisotopic (exact) mass is 285 g/mol. The van der Waals surface area contributed by atoms with Gasteiger partial charge in [0.05, 0.1) is 19.8 Å². The predicted octanol–water partition coefficient (Wildman–Crippen LogP) is 3.14. The number of hydrogen-bond acceptors (Lipinski definition) is 3. The molecule has 0 amide bonds. The van der Waals surface area contributed by atoms with Gasteiger partial charge in [0, 0.05) is 13.2 Å². The van der Waals surface area contributed by atoms with Crippen molar-refractivity contribution in [3.8, 4) is 0 Å². The van der Waals surface area contributed by atoms with Crippen molar-refractivity contribution in [2.45, 2.75) is 51.7 Å². The maximum absolute atomic E-state index is 12.4. The van der Waals surface area contributed by atoms with Crippen molar-refractivity contribution in [1.29, 1.82) is 0 Å². The third-order valence-corrected chi connectivity index (χ3v) is 2.70. The smallest absolute Gasteiger partial charge is 0.379 e. The standard InChI is InChI=1S/C13H26F3NO2/c1-3-5-6-8-18-10-11-19-9-7-17-12(4-2)13(14,15)16/h12,17H,3-11H2,1-2H3. The van der Waals surface area contributed by atoms with Gasteiger partial charge in [-0.05, 0) is 12.8 Å². The van der Waals surface area contributed by atoms with Crippen molar-refractivity contribution in [2.75, 3.05) is 33.0 Å². The summed E-state index contributed by atoms with van der Waals surface area (Å²) in [7, 11) is 0. The quantitative estimate of drug-likeness (QED) is 0.559. The molecule has 0 saturated heterocycles. The third-order valence-electron chi connectivity index (χ3n) is 2.70. The van der Waals surface area contributed by atoms with E-state index in [1.807, 2.05) is 0 Å². The molecule has 116 valence electrons. The van der Waals surface area contributed by atoms with E-state index in [0.29, 0.717) is 13.2 Å². The van der Waals surface area contributed by atoms with E-state index in [1.165, 1.54) is 6.92 Å². The van der Waals surface area contributed by atoms with Gasteiger partial charge >= 0.3 is 6.18 Å². The molecule has 1 unspecified atom stereocenters. The molecule has 19 heavy (non-hydrogen) atoms. The first-order chi connectivity index (χ1) is 9.02. The summed E-state index contributed by atoms with van der Waals surface area (Å²) in [5, 5.41) is 2.44. The van der Waals surface area contributed by atoms with Crippen molar-refractivity contribution in [2.24, 2.45) is 0 Å². The molecular formula is C13H26F3NO2. The summed E-state index contributed by atoms with van der Waals surface area (Å²) in [6, 6.07) is -1.44. The first kappa shape index (κ1) is 18.7. The molecule has 0 rings (SSSR count). The zero-order valence-electron chi connectivity index (χ0n) is 11.9. The summed E-state index contributed by atoms with van der Waals surface area (Å²) in [4.78, 5) is 0. The molecular weight excluding hydrogens is 259 g/mol. The molecule has 0 aromatic heterocycles. The minimum absolute atomic E-state index is 0.0318. The largest absolute Gasteiger partial charge is 0.403 e. The Balaban J connectivity index is 3.31. The second-order valence-electron chi connectivity index (χ2n) is 4.39. The fourth-order valence-electron chi connectivity index (χ4n) is 1.57. The molecule has 0 radical (unpaired) electrons. The molecule has 3 nitrogen and oxygen atoms in total. The number of rotatable bonds is 12. The molecule has 0 saturated carbocycles. The van der Waals surface area contributed by atoms with Crippen LogP contribution in [0.1, 0.15) is 39.5 Å². The molecule has 0 aromatic rings. The lowest BCUT2D eigenvalue weighted by molar-refractivity contribution is -0.156. The Morgan fingerprint density at radius 1 is 0.947 bits per heavy atom. The number of unbranched alkanes of at least 4 members (excludes halogenated alkanes) is 2. The molecule has 0 bridgehead atoms. The topological polar surface area (TPSA) is 30.5 Å². The maximum Gasteiger partial charge on any atom is 0.403 e. The highest BCUT2D eigenvalue weighted by Gasteiger charge is 2.37. The number of halogens is 3. The average Bonchev–Trinajstić information content (AvgIpc) is 2.34. The van der Waals surface area contributed by atoms with Gasteiger partial charge in [-0.3, -0.25) is 0 Å². The number of hydrogen-bond donors (Lipinski definition) is 1. The Bertz CT molecular complexity index is 201. The molecule has 0 aliphatic rings. The molecule has 0 heterocycles. The Kier molecular flexibility index (Phi) is 11.3. The Morgan fingerprint density at radius 3 is 2.11 bits per heavy atom. The molecule has 0 aliphatic heterocycles. The second-order valence-corrected chi connectivity index (χ2v) is 4.39. The van der Waals surface area contributed by atoms with Crippen LogP contribution in [0.15, 0.2) is 0 Å². The first-order valence-corrected chi connectivity index (χ1v) is 6.98. The van der Waals surface area contributed by atoms with E-state index in [4.69, 9.17) is 9.47 Å². The highest BCUT2D eigenvalue weighted by Crippen LogP contribution is 2.21. The van der Waals surface area contributed by atoms with E-state index in [2.05, 4.69) is 12.2 Å². The summed E-state index contributed by atoms with van der Waals surface area (Å²) < 4.78 is 47.6. The van der Waals surface area contributed by atoms with Crippen molar-refractivity contribution in [3.05, 3.63) is 0 Å². The van der Waals surface area contributed by atoms with Crippen LogP contribution in [0, 0.1) is 0 Å². The maximum atomic E-state index is 12.4. The van der Waals surface area contributed by atoms with E-state index in [0.717, 1.165) is 25.9 Å². The van der Waals surface area contributed by atoms with E-state index in [1.54, 1.807) is 0 Å². The van der Waals surface area contributed by atoms with Crippen LogP contribution in [-0.2, 0) is 9.47 Å². The molecule has 0 fully saturated rings. The first-order valence-electron chi connectivity index (χ1n) is 6.98. The lowest BCUT2D eigenvalue weighted by atomic mass is 10.2. The van der Waals surface area contributed by atoms with Crippen LogP contribution in [0.25, 0.3) is 0 Å². The van der Waals surface area contributed by atoms with Crippen molar-refractivity contribution in [1.82, 2.24) is 5.32 Å². The number of ether oxygens (including phenoxy) is 2. The van der Waals surface area contributed by atoms with Crippen molar-refractivity contribution >= 4 is 0 Å². The van der Waals surface area contributed by atoms with E-state index >= 15 is 0 Å². The van der Waals surface area contributed by atoms with E-state index < -0.39 is 12.2 Å². The van der Waals surface area contributed by atoms with Crippen LogP contribution in [-0.4, -0.2) is 45.2 Å². The summed E-state index contributed by atoms with van der Waals surface area (Å²) in [5.74, 6) is 0. The molecule has 0 aromatic carbocycles. The zero-order chi connectivity index (χ0) is 14.6. The lowest BCUT2D eigenvalue weighted by Gasteiger charge is -2.19. The minimum Gasteiger partial charge on any atom is -0.379 e. The van der Waals surface area contributed by atoms with Crippen LogP contribution in [0.3, 0.4) is 0 Å². The SMILES string of the molecule is CCCCCOCCOCCNC(CC)C(F)(F)F. The average molecular weight is 285 g/mol. The van der Waals surface area contributed by atoms with Crippen LogP contribution in [0.5, 0.6) is 0 Å². The number of alkyl halides is 3. The van der Waals surface area contributed by atoms with Gasteiger partial charge in [0.15, 0.2) is 0 Å².